The summed E-state index contributed by atoms with van der Waals surface area (Å²) in [6.07, 6.45) is 9.79. The van der Waals surface area contributed by atoms with Gasteiger partial charge in [-0.05, 0) is 99.2 Å². The molecular weight excluding hydrogens is 441 g/mol. The van der Waals surface area contributed by atoms with Crippen LogP contribution in [0.1, 0.15) is 95.9 Å². The number of nitrogens with zero attached hydrogens (tertiary/aromatic N) is 1. The molecule has 0 spiro atoms. The molecule has 33 heavy (non-hydrogen) atoms. The molecular formula is C25H40NO6P. The molecule has 4 aliphatic carbocycles. The third-order valence-electron chi connectivity index (χ3n) is 10.4. The average molecular weight is 482 g/mol. The van der Waals surface area contributed by atoms with Crippen molar-refractivity contribution < 1.29 is 28.7 Å². The molecule has 8 atom stereocenters. The average Bonchev–Trinajstić information content (AvgIpc) is 3.31. The maximum atomic E-state index is 11.0. The van der Waals surface area contributed by atoms with Crippen molar-refractivity contribution in [3.05, 3.63) is 17.5 Å². The van der Waals surface area contributed by atoms with Gasteiger partial charge < -0.3 is 24.2 Å². The Morgan fingerprint density at radius 3 is 2.58 bits per heavy atom. The third kappa shape index (κ3) is 4.27. The van der Waals surface area contributed by atoms with Crippen LogP contribution in [0.2, 0.25) is 0 Å². The molecule has 4 aliphatic rings. The van der Waals surface area contributed by atoms with Gasteiger partial charge in [-0.15, -0.1) is 0 Å². The number of fused-ring (bicyclic) bond motifs is 5. The molecule has 186 valence electrons. The topological polar surface area (TPSA) is 113 Å². The van der Waals surface area contributed by atoms with E-state index in [2.05, 4.69) is 19.0 Å². The minimum absolute atomic E-state index is 0.0270. The lowest BCUT2D eigenvalue weighted by Gasteiger charge is -2.61. The Labute approximate surface area is 196 Å². The normalized spacial score (nSPS) is 45.3. The van der Waals surface area contributed by atoms with Gasteiger partial charge in [0.05, 0.1) is 11.3 Å². The van der Waals surface area contributed by atoms with E-state index in [0.29, 0.717) is 28.9 Å². The summed E-state index contributed by atoms with van der Waals surface area (Å²) in [4.78, 5) is 18.0. The summed E-state index contributed by atoms with van der Waals surface area (Å²) in [7, 11) is -4.18. The minimum atomic E-state index is -4.18. The number of rotatable bonds is 5. The van der Waals surface area contributed by atoms with Gasteiger partial charge >= 0.3 is 7.60 Å². The van der Waals surface area contributed by atoms with E-state index in [-0.39, 0.29) is 12.0 Å². The molecule has 1 aromatic heterocycles. The fourth-order valence-electron chi connectivity index (χ4n) is 8.74. The summed E-state index contributed by atoms with van der Waals surface area (Å²) in [6.45, 7) is 7.05. The second kappa shape index (κ2) is 8.16. The number of ether oxygens (including phenoxy) is 1. The van der Waals surface area contributed by atoms with Crippen LogP contribution >= 0.6 is 7.60 Å². The third-order valence-corrected chi connectivity index (χ3v) is 10.9. The monoisotopic (exact) mass is 481 g/mol. The van der Waals surface area contributed by atoms with Crippen LogP contribution in [0.3, 0.4) is 0 Å². The van der Waals surface area contributed by atoms with Gasteiger partial charge in [-0.1, -0.05) is 19.0 Å². The zero-order valence-corrected chi connectivity index (χ0v) is 21.1. The van der Waals surface area contributed by atoms with E-state index in [4.69, 9.17) is 19.0 Å². The first-order valence-corrected chi connectivity index (χ1v) is 14.5. The number of hydrogen-bond donors (Lipinski definition) is 3. The van der Waals surface area contributed by atoms with Crippen LogP contribution in [0.25, 0.3) is 0 Å². The first kappa shape index (κ1) is 24.0. The SMILES string of the molecule is C[C@@]1(O)CC[C@@]2(C)C(CCC3C2CC[C@@]2(C)C3CC[C@@H]2c2cc(COCP(=O)(O)O)on2)C1. The maximum Gasteiger partial charge on any atom is 0.350 e. The van der Waals surface area contributed by atoms with Gasteiger partial charge in [0.15, 0.2) is 5.76 Å². The Morgan fingerprint density at radius 2 is 1.82 bits per heavy atom. The van der Waals surface area contributed by atoms with E-state index in [1.807, 2.05) is 13.0 Å². The van der Waals surface area contributed by atoms with E-state index in [9.17, 15) is 9.67 Å². The Morgan fingerprint density at radius 1 is 1.06 bits per heavy atom. The molecule has 7 nitrogen and oxygen atoms in total. The van der Waals surface area contributed by atoms with Gasteiger partial charge in [-0.3, -0.25) is 4.57 Å². The summed E-state index contributed by atoms with van der Waals surface area (Å²) >= 11 is 0. The summed E-state index contributed by atoms with van der Waals surface area (Å²) in [6, 6.07) is 1.94. The lowest BCUT2D eigenvalue weighted by atomic mass is 9.44. The smallest absolute Gasteiger partial charge is 0.350 e. The fraction of sp³-hybridized carbons (Fsp3) is 0.880. The van der Waals surface area contributed by atoms with Crippen molar-refractivity contribution in [2.24, 2.45) is 34.5 Å². The summed E-state index contributed by atoms with van der Waals surface area (Å²) in [5.41, 5.74) is 1.06. The molecule has 0 saturated heterocycles. The predicted octanol–water partition coefficient (Wildman–Crippen LogP) is 5.20. The molecule has 4 fully saturated rings. The second-order valence-corrected chi connectivity index (χ2v) is 14.0. The van der Waals surface area contributed by atoms with E-state index >= 15 is 0 Å². The lowest BCUT2D eigenvalue weighted by molar-refractivity contribution is -0.143. The Hall–Kier alpha value is -0.720. The van der Waals surface area contributed by atoms with Crippen molar-refractivity contribution in [1.29, 1.82) is 0 Å². The standard InChI is InChI=1S/C25H40NO6P/c1-23(27)10-11-24(2)16(13-23)4-5-18-19-6-7-21(25(19,3)9-8-20(18)24)22-12-17(32-26-22)14-31-15-33(28,29)30/h12,16,18-21,27H,4-11,13-15H2,1-3H3,(H2,28,29,30)/t16?,18?,19?,20?,21-,23-,24+,25+/m1/s1. The van der Waals surface area contributed by atoms with Gasteiger partial charge in [0.25, 0.3) is 0 Å². The van der Waals surface area contributed by atoms with E-state index in [0.717, 1.165) is 43.2 Å². The molecule has 1 aromatic rings. The molecule has 8 heteroatoms. The molecule has 0 bridgehead atoms. The van der Waals surface area contributed by atoms with Gasteiger partial charge in [-0.25, -0.2) is 0 Å². The Kier molecular flexibility index (Phi) is 5.93. The highest BCUT2D eigenvalue weighted by Crippen LogP contribution is 2.69. The first-order valence-electron chi connectivity index (χ1n) is 12.7. The molecule has 0 aliphatic heterocycles. The van der Waals surface area contributed by atoms with Gasteiger partial charge in [-0.2, -0.15) is 0 Å². The van der Waals surface area contributed by atoms with Crippen LogP contribution in [-0.2, 0) is 15.9 Å². The first-order chi connectivity index (χ1) is 15.4. The van der Waals surface area contributed by atoms with Crippen molar-refractivity contribution in [3.63, 3.8) is 0 Å². The van der Waals surface area contributed by atoms with Gasteiger partial charge in [0, 0.05) is 12.0 Å². The molecule has 4 unspecified atom stereocenters. The van der Waals surface area contributed by atoms with Crippen molar-refractivity contribution in [3.8, 4) is 0 Å². The zero-order chi connectivity index (χ0) is 23.6. The largest absolute Gasteiger partial charge is 0.390 e. The van der Waals surface area contributed by atoms with Gasteiger partial charge in [0.1, 0.15) is 13.0 Å². The zero-order valence-electron chi connectivity index (χ0n) is 20.2. The molecule has 1 heterocycles. The molecule has 3 N–H and O–H groups in total. The molecule has 5 rings (SSSR count). The van der Waals surface area contributed by atoms with Crippen LogP contribution in [0, 0.1) is 34.5 Å². The van der Waals surface area contributed by atoms with Gasteiger partial charge in [0.2, 0.25) is 0 Å². The highest BCUT2D eigenvalue weighted by molar-refractivity contribution is 7.51. The molecule has 0 radical (unpaired) electrons. The van der Waals surface area contributed by atoms with E-state index < -0.39 is 19.5 Å². The van der Waals surface area contributed by atoms with Crippen molar-refractivity contribution in [2.75, 3.05) is 6.35 Å². The van der Waals surface area contributed by atoms with Crippen LogP contribution in [0.15, 0.2) is 10.6 Å². The molecule has 0 aromatic carbocycles. The number of aromatic nitrogens is 1. The number of hydrogen-bond acceptors (Lipinski definition) is 5. The summed E-state index contributed by atoms with van der Waals surface area (Å²) in [5, 5.41) is 15.1. The summed E-state index contributed by atoms with van der Waals surface area (Å²) < 4.78 is 21.6. The predicted molar refractivity (Wildman–Crippen MR) is 123 cm³/mol. The molecule has 0 amide bonds. The highest BCUT2D eigenvalue weighted by Gasteiger charge is 2.61. The van der Waals surface area contributed by atoms with Crippen LogP contribution in [0.4, 0.5) is 0 Å². The lowest BCUT2D eigenvalue weighted by Crippen LogP contribution is -2.55. The van der Waals surface area contributed by atoms with Crippen LogP contribution in [-0.4, -0.2) is 32.0 Å². The highest BCUT2D eigenvalue weighted by atomic mass is 31.2. The van der Waals surface area contributed by atoms with Crippen molar-refractivity contribution in [2.45, 2.75) is 96.7 Å². The quantitative estimate of drug-likeness (QED) is 0.495. The molecule has 4 saturated carbocycles. The summed E-state index contributed by atoms with van der Waals surface area (Å²) in [5.74, 6) is 3.76. The minimum Gasteiger partial charge on any atom is -0.390 e. The Bertz CT molecular complexity index is 926. The Balaban J connectivity index is 1.30. The van der Waals surface area contributed by atoms with Crippen molar-refractivity contribution in [1.82, 2.24) is 5.16 Å². The van der Waals surface area contributed by atoms with Crippen molar-refractivity contribution >= 4 is 7.60 Å². The second-order valence-electron chi connectivity index (χ2n) is 12.4. The van der Waals surface area contributed by atoms with Crippen LogP contribution < -0.4 is 0 Å². The maximum absolute atomic E-state index is 11.0. The fourth-order valence-corrected chi connectivity index (χ4v) is 9.07. The van der Waals surface area contributed by atoms with E-state index in [1.54, 1.807) is 0 Å². The van der Waals surface area contributed by atoms with E-state index in [1.165, 1.54) is 32.1 Å². The number of aliphatic hydroxyl groups is 1. The van der Waals surface area contributed by atoms with Crippen LogP contribution in [0.5, 0.6) is 0 Å².